The van der Waals surface area contributed by atoms with Crippen molar-refractivity contribution in [1.29, 1.82) is 0 Å². The maximum atomic E-state index is 4.41. The monoisotopic (exact) mass is 342 g/mol. The van der Waals surface area contributed by atoms with Crippen molar-refractivity contribution in [3.05, 3.63) is 27.8 Å². The van der Waals surface area contributed by atoms with E-state index in [4.69, 9.17) is 0 Å². The van der Waals surface area contributed by atoms with E-state index in [1.165, 1.54) is 30.7 Å². The van der Waals surface area contributed by atoms with Crippen LogP contribution in [0.5, 0.6) is 0 Å². The molecule has 0 aromatic carbocycles. The second-order valence-electron chi connectivity index (χ2n) is 7.37. The summed E-state index contributed by atoms with van der Waals surface area (Å²) in [6.07, 6.45) is 5.14. The first-order valence-electron chi connectivity index (χ1n) is 8.87. The van der Waals surface area contributed by atoms with E-state index in [1.807, 2.05) is 0 Å². The first-order valence-corrected chi connectivity index (χ1v) is 9.69. The lowest BCUT2D eigenvalue weighted by atomic mass is 10.1. The van der Waals surface area contributed by atoms with Crippen molar-refractivity contribution in [3.8, 4) is 0 Å². The molecule has 3 aliphatic rings. The van der Waals surface area contributed by atoms with Gasteiger partial charge >= 0.3 is 0 Å². The van der Waals surface area contributed by atoms with E-state index >= 15 is 0 Å². The summed E-state index contributed by atoms with van der Waals surface area (Å²) in [4.78, 5) is 4.69. The van der Waals surface area contributed by atoms with Crippen LogP contribution in [-0.4, -0.2) is 51.5 Å². The molecule has 2 saturated carbocycles. The van der Waals surface area contributed by atoms with Gasteiger partial charge in [0, 0.05) is 31.0 Å². The minimum Gasteiger partial charge on any atom is -0.352 e. The average Bonchev–Trinajstić information content (AvgIpc) is 3.46. The zero-order chi connectivity index (χ0) is 16.1. The molecule has 0 atom stereocenters. The maximum absolute atomic E-state index is 4.41. The fraction of sp³-hybridized carbons (Fsp3) is 0.647. The lowest BCUT2D eigenvalue weighted by molar-refractivity contribution is 0.196. The number of rotatable bonds is 6. The van der Waals surface area contributed by atoms with Crippen LogP contribution in [0.2, 0.25) is 0 Å². The summed E-state index contributed by atoms with van der Waals surface area (Å²) in [5.41, 5.74) is 1.16. The standard InChI is InChI=1S/C17H22N6S/c1-22(10-16-20-21-17(24-16)12-4-5-12)13-8-23(9-13)15-7-6-14(18-19-15)11-2-3-11/h6-7,11-13H,2-5,8-10H2,1H3. The Hall–Kier alpha value is -1.60. The molecule has 0 radical (unpaired) electrons. The van der Waals surface area contributed by atoms with Gasteiger partial charge in [0.15, 0.2) is 5.82 Å². The lowest BCUT2D eigenvalue weighted by Crippen LogP contribution is -2.58. The van der Waals surface area contributed by atoms with Gasteiger partial charge in [-0.05, 0) is 44.9 Å². The van der Waals surface area contributed by atoms with Crippen LogP contribution >= 0.6 is 11.3 Å². The first kappa shape index (κ1) is 14.7. The third kappa shape index (κ3) is 2.91. The summed E-state index contributed by atoms with van der Waals surface area (Å²) >= 11 is 1.79. The number of nitrogens with zero attached hydrogens (tertiary/aromatic N) is 6. The molecule has 2 aromatic rings. The van der Waals surface area contributed by atoms with Crippen molar-refractivity contribution in [2.45, 2.75) is 50.1 Å². The molecule has 7 heteroatoms. The highest BCUT2D eigenvalue weighted by molar-refractivity contribution is 7.11. The minimum atomic E-state index is 0.559. The normalized spacial score (nSPS) is 21.3. The molecule has 0 bridgehead atoms. The maximum Gasteiger partial charge on any atom is 0.151 e. The van der Waals surface area contributed by atoms with E-state index < -0.39 is 0 Å². The summed E-state index contributed by atoms with van der Waals surface area (Å²) in [6.45, 7) is 2.93. The van der Waals surface area contributed by atoms with Crippen LogP contribution < -0.4 is 4.90 Å². The molecule has 6 nitrogen and oxygen atoms in total. The Morgan fingerprint density at radius 2 is 1.83 bits per heavy atom. The highest BCUT2D eigenvalue weighted by atomic mass is 32.1. The zero-order valence-corrected chi connectivity index (χ0v) is 14.7. The van der Waals surface area contributed by atoms with Crippen LogP contribution in [0.25, 0.3) is 0 Å². The van der Waals surface area contributed by atoms with Gasteiger partial charge in [-0.3, -0.25) is 4.90 Å². The fourth-order valence-electron chi connectivity index (χ4n) is 3.19. The largest absolute Gasteiger partial charge is 0.352 e. The van der Waals surface area contributed by atoms with Crippen LogP contribution in [0.15, 0.2) is 12.1 Å². The molecule has 0 spiro atoms. The van der Waals surface area contributed by atoms with E-state index in [0.717, 1.165) is 36.2 Å². The van der Waals surface area contributed by atoms with Gasteiger partial charge in [-0.25, -0.2) is 0 Å². The SMILES string of the molecule is CN(Cc1nnc(C2CC2)s1)C1CN(c2ccc(C3CC3)nn2)C1. The Balaban J connectivity index is 1.14. The third-order valence-electron chi connectivity index (χ3n) is 5.27. The lowest BCUT2D eigenvalue weighted by Gasteiger charge is -2.44. The summed E-state index contributed by atoms with van der Waals surface area (Å²) in [5.74, 6) is 2.39. The van der Waals surface area contributed by atoms with Gasteiger partial charge in [-0.2, -0.15) is 5.10 Å². The van der Waals surface area contributed by atoms with Crippen molar-refractivity contribution < 1.29 is 0 Å². The second kappa shape index (κ2) is 5.74. The number of hydrogen-bond acceptors (Lipinski definition) is 7. The van der Waals surface area contributed by atoms with Crippen molar-refractivity contribution in [2.75, 3.05) is 25.0 Å². The van der Waals surface area contributed by atoms with E-state index in [9.17, 15) is 0 Å². The molecule has 1 aliphatic heterocycles. The Bertz CT molecular complexity index is 715. The molecule has 3 heterocycles. The quantitative estimate of drug-likeness (QED) is 0.803. The van der Waals surface area contributed by atoms with Gasteiger partial charge in [0.25, 0.3) is 0 Å². The highest BCUT2D eigenvalue weighted by Crippen LogP contribution is 2.41. The van der Waals surface area contributed by atoms with E-state index in [0.29, 0.717) is 17.9 Å². The number of anilines is 1. The minimum absolute atomic E-state index is 0.559. The summed E-state index contributed by atoms with van der Waals surface area (Å²) < 4.78 is 0. The second-order valence-corrected chi connectivity index (χ2v) is 8.47. The van der Waals surface area contributed by atoms with Gasteiger partial charge < -0.3 is 4.90 Å². The Labute approximate surface area is 145 Å². The molecule has 2 aromatic heterocycles. The predicted molar refractivity (Wildman–Crippen MR) is 93.4 cm³/mol. The summed E-state index contributed by atoms with van der Waals surface area (Å²) in [7, 11) is 2.18. The highest BCUT2D eigenvalue weighted by Gasteiger charge is 2.33. The molecule has 0 N–H and O–H groups in total. The van der Waals surface area contributed by atoms with E-state index in [-0.39, 0.29) is 0 Å². The molecule has 0 unspecified atom stereocenters. The van der Waals surface area contributed by atoms with Gasteiger partial charge in [0.05, 0.1) is 12.2 Å². The fourth-order valence-corrected chi connectivity index (χ4v) is 4.27. The Morgan fingerprint density at radius 3 is 2.50 bits per heavy atom. The molecule has 2 aliphatic carbocycles. The number of aromatic nitrogens is 4. The van der Waals surface area contributed by atoms with Crippen molar-refractivity contribution in [2.24, 2.45) is 0 Å². The Kier molecular flexibility index (Phi) is 3.52. The Morgan fingerprint density at radius 1 is 1.04 bits per heavy atom. The molecule has 126 valence electrons. The predicted octanol–water partition coefficient (Wildman–Crippen LogP) is 2.40. The van der Waals surface area contributed by atoms with Crippen LogP contribution in [0.1, 0.15) is 53.2 Å². The first-order chi connectivity index (χ1) is 11.8. The van der Waals surface area contributed by atoms with Crippen LogP contribution in [0.3, 0.4) is 0 Å². The van der Waals surface area contributed by atoms with Crippen molar-refractivity contribution in [1.82, 2.24) is 25.3 Å². The van der Waals surface area contributed by atoms with Gasteiger partial charge in [0.2, 0.25) is 0 Å². The molecular weight excluding hydrogens is 320 g/mol. The van der Waals surface area contributed by atoms with Crippen LogP contribution in [0, 0.1) is 0 Å². The van der Waals surface area contributed by atoms with Gasteiger partial charge in [-0.1, -0.05) is 11.3 Å². The van der Waals surface area contributed by atoms with Crippen LogP contribution in [0.4, 0.5) is 5.82 Å². The molecule has 1 saturated heterocycles. The van der Waals surface area contributed by atoms with E-state index in [2.05, 4.69) is 49.4 Å². The third-order valence-corrected chi connectivity index (χ3v) is 6.34. The molecule has 5 rings (SSSR count). The van der Waals surface area contributed by atoms with Gasteiger partial charge in [-0.15, -0.1) is 15.3 Å². The molecule has 24 heavy (non-hydrogen) atoms. The smallest absolute Gasteiger partial charge is 0.151 e. The van der Waals surface area contributed by atoms with E-state index in [1.54, 1.807) is 11.3 Å². The molecule has 0 amide bonds. The average molecular weight is 342 g/mol. The van der Waals surface area contributed by atoms with Crippen molar-refractivity contribution >= 4 is 17.2 Å². The molecular formula is C17H22N6S. The summed E-state index contributed by atoms with van der Waals surface area (Å²) in [5, 5.41) is 19.9. The summed E-state index contributed by atoms with van der Waals surface area (Å²) in [6, 6.07) is 4.84. The molecule has 3 fully saturated rings. The number of likely N-dealkylation sites (N-methyl/N-ethyl adjacent to an activating group) is 1. The topological polar surface area (TPSA) is 58.0 Å². The van der Waals surface area contributed by atoms with Gasteiger partial charge in [0.1, 0.15) is 10.0 Å². The van der Waals surface area contributed by atoms with Crippen molar-refractivity contribution in [3.63, 3.8) is 0 Å². The van der Waals surface area contributed by atoms with Crippen LogP contribution in [-0.2, 0) is 6.54 Å². The zero-order valence-electron chi connectivity index (χ0n) is 13.9. The number of hydrogen-bond donors (Lipinski definition) is 0.